The van der Waals surface area contributed by atoms with E-state index in [1.54, 1.807) is 18.2 Å². The molecule has 1 aromatic rings. The molecule has 7 nitrogen and oxygen atoms in total. The molecular formula is C13H23N3O4S. The summed E-state index contributed by atoms with van der Waals surface area (Å²) in [6.45, 7) is 4.12. The smallest absolute Gasteiger partial charge is 0.282 e. The summed E-state index contributed by atoms with van der Waals surface area (Å²) < 4.78 is 10.3. The summed E-state index contributed by atoms with van der Waals surface area (Å²) in [6, 6.07) is 6.32. The molecule has 0 heterocycles. The SMILES string of the molecule is CNCCOCCOCCN.O=[N+]([O-])c1ccccc1S. The highest BCUT2D eigenvalue weighted by atomic mass is 32.1. The third-order valence-electron chi connectivity index (χ3n) is 2.21. The van der Waals surface area contributed by atoms with E-state index in [9.17, 15) is 10.1 Å². The Bertz CT molecular complexity index is 385. The van der Waals surface area contributed by atoms with Crippen LogP contribution in [0.4, 0.5) is 5.69 Å². The summed E-state index contributed by atoms with van der Waals surface area (Å²) >= 11 is 3.90. The third kappa shape index (κ3) is 11.2. The zero-order chi connectivity index (χ0) is 15.9. The molecule has 0 unspecified atom stereocenters. The molecule has 3 N–H and O–H groups in total. The lowest BCUT2D eigenvalue weighted by atomic mass is 10.3. The predicted molar refractivity (Wildman–Crippen MR) is 85.0 cm³/mol. The topological polar surface area (TPSA) is 99.7 Å². The molecular weight excluding hydrogens is 294 g/mol. The highest BCUT2D eigenvalue weighted by molar-refractivity contribution is 7.80. The normalized spacial score (nSPS) is 9.86. The molecule has 120 valence electrons. The van der Waals surface area contributed by atoms with Gasteiger partial charge in [-0.05, 0) is 13.1 Å². The lowest BCUT2D eigenvalue weighted by Crippen LogP contribution is -2.17. The number of ether oxygens (including phenoxy) is 2. The molecule has 0 bridgehead atoms. The van der Waals surface area contributed by atoms with Crippen molar-refractivity contribution in [3.8, 4) is 0 Å². The number of nitro groups is 1. The van der Waals surface area contributed by atoms with Crippen LogP contribution in [0.5, 0.6) is 0 Å². The number of nitrogens with two attached hydrogens (primary N) is 1. The highest BCUT2D eigenvalue weighted by Gasteiger charge is 2.07. The summed E-state index contributed by atoms with van der Waals surface area (Å²) in [7, 11) is 1.90. The summed E-state index contributed by atoms with van der Waals surface area (Å²) in [5.41, 5.74) is 5.26. The van der Waals surface area contributed by atoms with Gasteiger partial charge in [0, 0.05) is 19.2 Å². The molecule has 1 aromatic carbocycles. The standard InChI is InChI=1S/C7H18N2O2.C6H5NO2S/c1-9-3-5-11-7-6-10-4-2-8;8-7(9)5-3-1-2-4-6(5)10/h9H,2-8H2,1H3;1-4,10H. The van der Waals surface area contributed by atoms with E-state index in [-0.39, 0.29) is 5.69 Å². The van der Waals surface area contributed by atoms with Crippen LogP contribution in [0.15, 0.2) is 29.2 Å². The van der Waals surface area contributed by atoms with Gasteiger partial charge in [-0.2, -0.15) is 0 Å². The number of benzene rings is 1. The van der Waals surface area contributed by atoms with Gasteiger partial charge in [0.05, 0.1) is 36.2 Å². The fraction of sp³-hybridized carbons (Fsp3) is 0.538. The first-order valence-electron chi connectivity index (χ1n) is 6.56. The van der Waals surface area contributed by atoms with Gasteiger partial charge < -0.3 is 20.5 Å². The van der Waals surface area contributed by atoms with Crippen LogP contribution in [0.2, 0.25) is 0 Å². The number of likely N-dealkylation sites (N-methyl/N-ethyl adjacent to an activating group) is 1. The van der Waals surface area contributed by atoms with E-state index in [0.717, 1.165) is 13.2 Å². The summed E-state index contributed by atoms with van der Waals surface area (Å²) in [5.74, 6) is 0. The molecule has 0 fully saturated rings. The van der Waals surface area contributed by atoms with Gasteiger partial charge in [-0.25, -0.2) is 0 Å². The van der Waals surface area contributed by atoms with Crippen LogP contribution in [-0.4, -0.2) is 51.5 Å². The van der Waals surface area contributed by atoms with E-state index in [0.29, 0.717) is 31.3 Å². The van der Waals surface area contributed by atoms with E-state index in [4.69, 9.17) is 15.2 Å². The molecule has 0 aliphatic heterocycles. The maximum absolute atomic E-state index is 10.2. The van der Waals surface area contributed by atoms with Crippen molar-refractivity contribution < 1.29 is 14.4 Å². The van der Waals surface area contributed by atoms with Crippen molar-refractivity contribution in [1.29, 1.82) is 0 Å². The largest absolute Gasteiger partial charge is 0.378 e. The molecule has 0 saturated heterocycles. The number of nitro benzene ring substituents is 1. The number of nitrogens with zero attached hydrogens (tertiary/aromatic N) is 1. The van der Waals surface area contributed by atoms with E-state index < -0.39 is 4.92 Å². The molecule has 0 atom stereocenters. The van der Waals surface area contributed by atoms with Crippen LogP contribution in [0.1, 0.15) is 0 Å². The lowest BCUT2D eigenvalue weighted by Gasteiger charge is -2.03. The van der Waals surface area contributed by atoms with E-state index in [1.165, 1.54) is 6.07 Å². The zero-order valence-electron chi connectivity index (χ0n) is 12.2. The van der Waals surface area contributed by atoms with E-state index in [1.807, 2.05) is 7.05 Å². The van der Waals surface area contributed by atoms with Gasteiger partial charge in [0.15, 0.2) is 0 Å². The summed E-state index contributed by atoms with van der Waals surface area (Å²) in [5, 5.41) is 13.2. The Morgan fingerprint density at radius 1 is 1.24 bits per heavy atom. The molecule has 0 amide bonds. The first kappa shape index (κ1) is 19.8. The van der Waals surface area contributed by atoms with Crippen LogP contribution in [0, 0.1) is 10.1 Å². The Hall–Kier alpha value is -1.19. The number of para-hydroxylation sites is 1. The maximum Gasteiger partial charge on any atom is 0.282 e. The number of nitrogens with one attached hydrogen (secondary N) is 1. The van der Waals surface area contributed by atoms with Gasteiger partial charge in [-0.1, -0.05) is 12.1 Å². The molecule has 0 spiro atoms. The van der Waals surface area contributed by atoms with Crippen molar-refractivity contribution in [2.45, 2.75) is 4.90 Å². The Balaban J connectivity index is 0.000000382. The molecule has 0 saturated carbocycles. The quantitative estimate of drug-likeness (QED) is 0.273. The van der Waals surface area contributed by atoms with Crippen molar-refractivity contribution in [2.24, 2.45) is 5.73 Å². The number of thiol groups is 1. The second kappa shape index (κ2) is 13.8. The van der Waals surface area contributed by atoms with Crippen LogP contribution in [0.3, 0.4) is 0 Å². The number of hydrogen-bond acceptors (Lipinski definition) is 7. The van der Waals surface area contributed by atoms with Crippen LogP contribution < -0.4 is 11.1 Å². The van der Waals surface area contributed by atoms with Crippen molar-refractivity contribution >= 4 is 18.3 Å². The second-order valence-electron chi connectivity index (χ2n) is 3.86. The van der Waals surface area contributed by atoms with Crippen molar-refractivity contribution in [3.63, 3.8) is 0 Å². The molecule has 8 heteroatoms. The van der Waals surface area contributed by atoms with Gasteiger partial charge in [-0.3, -0.25) is 10.1 Å². The van der Waals surface area contributed by atoms with Gasteiger partial charge in [0.1, 0.15) is 0 Å². The van der Waals surface area contributed by atoms with Gasteiger partial charge in [-0.15, -0.1) is 12.6 Å². The Kier molecular flexibility index (Phi) is 13.0. The number of hydrogen-bond donors (Lipinski definition) is 3. The Labute approximate surface area is 130 Å². The van der Waals surface area contributed by atoms with Crippen LogP contribution >= 0.6 is 12.6 Å². The minimum atomic E-state index is -0.456. The monoisotopic (exact) mass is 317 g/mol. The molecule has 0 aliphatic rings. The predicted octanol–water partition coefficient (Wildman–Crippen LogP) is 1.08. The summed E-state index contributed by atoms with van der Waals surface area (Å²) in [4.78, 5) is 10.1. The lowest BCUT2D eigenvalue weighted by molar-refractivity contribution is -0.387. The Morgan fingerprint density at radius 2 is 1.86 bits per heavy atom. The van der Waals surface area contributed by atoms with Crippen molar-refractivity contribution in [2.75, 3.05) is 46.6 Å². The third-order valence-corrected chi connectivity index (χ3v) is 2.59. The second-order valence-corrected chi connectivity index (χ2v) is 4.34. The zero-order valence-corrected chi connectivity index (χ0v) is 13.1. The van der Waals surface area contributed by atoms with Crippen LogP contribution in [-0.2, 0) is 9.47 Å². The van der Waals surface area contributed by atoms with Gasteiger partial charge in [0.25, 0.3) is 5.69 Å². The minimum Gasteiger partial charge on any atom is -0.378 e. The average Bonchev–Trinajstić information content (AvgIpc) is 2.47. The number of rotatable bonds is 9. The molecule has 21 heavy (non-hydrogen) atoms. The fourth-order valence-electron chi connectivity index (χ4n) is 1.20. The highest BCUT2D eigenvalue weighted by Crippen LogP contribution is 2.20. The molecule has 0 aromatic heterocycles. The van der Waals surface area contributed by atoms with Crippen molar-refractivity contribution in [1.82, 2.24) is 5.32 Å². The van der Waals surface area contributed by atoms with Gasteiger partial charge >= 0.3 is 0 Å². The Morgan fingerprint density at radius 3 is 2.33 bits per heavy atom. The van der Waals surface area contributed by atoms with E-state index >= 15 is 0 Å². The van der Waals surface area contributed by atoms with Crippen LogP contribution in [0.25, 0.3) is 0 Å². The first-order valence-corrected chi connectivity index (χ1v) is 7.00. The summed E-state index contributed by atoms with van der Waals surface area (Å²) in [6.07, 6.45) is 0. The molecule has 1 rings (SSSR count). The van der Waals surface area contributed by atoms with E-state index in [2.05, 4.69) is 17.9 Å². The fourth-order valence-corrected chi connectivity index (χ4v) is 1.44. The molecule has 0 radical (unpaired) electrons. The van der Waals surface area contributed by atoms with Gasteiger partial charge in [0.2, 0.25) is 0 Å². The average molecular weight is 317 g/mol. The molecule has 0 aliphatic carbocycles. The minimum absolute atomic E-state index is 0.0471. The first-order chi connectivity index (χ1) is 10.1. The maximum atomic E-state index is 10.2. The van der Waals surface area contributed by atoms with Crippen molar-refractivity contribution in [3.05, 3.63) is 34.4 Å².